The predicted molar refractivity (Wildman–Crippen MR) is 108 cm³/mol. The van der Waals surface area contributed by atoms with Crippen LogP contribution in [0.4, 0.5) is 5.95 Å². The molecule has 1 aromatic carbocycles. The van der Waals surface area contributed by atoms with Gasteiger partial charge in [-0.3, -0.25) is 4.79 Å². The number of benzene rings is 1. The first-order chi connectivity index (χ1) is 13.8. The number of anilines is 1. The van der Waals surface area contributed by atoms with Gasteiger partial charge in [0.15, 0.2) is 9.84 Å². The first-order valence-corrected chi connectivity index (χ1v) is 11.6. The van der Waals surface area contributed by atoms with E-state index >= 15 is 0 Å². The van der Waals surface area contributed by atoms with Crippen molar-refractivity contribution in [3.8, 4) is 0 Å². The number of carbonyl (C=O) groups is 1. The zero-order valence-electron chi connectivity index (χ0n) is 16.3. The Morgan fingerprint density at radius 2 is 2.10 bits per heavy atom. The number of carbonyl (C=O) groups excluding carboxylic acids is 1. The van der Waals surface area contributed by atoms with Crippen molar-refractivity contribution in [2.45, 2.75) is 25.0 Å². The summed E-state index contributed by atoms with van der Waals surface area (Å²) in [5.41, 5.74) is 2.51. The van der Waals surface area contributed by atoms with Crippen LogP contribution in [-0.2, 0) is 37.9 Å². The van der Waals surface area contributed by atoms with E-state index in [2.05, 4.69) is 10.3 Å². The molecule has 9 heteroatoms. The van der Waals surface area contributed by atoms with Crippen LogP contribution in [0.15, 0.2) is 36.5 Å². The molecule has 8 nitrogen and oxygen atoms in total. The molecule has 1 aromatic heterocycles. The molecule has 0 saturated carbocycles. The number of ether oxygens (including phenoxy) is 1. The van der Waals surface area contributed by atoms with E-state index in [1.807, 2.05) is 30.3 Å². The van der Waals surface area contributed by atoms with Crippen LogP contribution in [0.5, 0.6) is 0 Å². The van der Waals surface area contributed by atoms with Crippen molar-refractivity contribution in [2.75, 3.05) is 37.0 Å². The lowest BCUT2D eigenvalue weighted by molar-refractivity contribution is -0.127. The van der Waals surface area contributed by atoms with Gasteiger partial charge >= 0.3 is 0 Å². The van der Waals surface area contributed by atoms with Crippen molar-refractivity contribution in [2.24, 2.45) is 0 Å². The van der Waals surface area contributed by atoms with Gasteiger partial charge in [0.25, 0.3) is 0 Å². The standard InChI is InChI=1S/C20H24N4O4S/c1-29(26,27)12-17(25)24-8-7-20(13-24)14-28-11-16-10-22-19(23-18(16)20)21-9-15-5-3-2-4-6-15/h2-6,10H,7-9,11-14H2,1H3,(H,21,22,23). The Morgan fingerprint density at radius 3 is 2.86 bits per heavy atom. The first-order valence-electron chi connectivity index (χ1n) is 9.52. The molecule has 154 valence electrons. The number of nitrogens with zero attached hydrogens (tertiary/aromatic N) is 3. The van der Waals surface area contributed by atoms with E-state index in [4.69, 9.17) is 9.72 Å². The molecular weight excluding hydrogens is 392 g/mol. The van der Waals surface area contributed by atoms with E-state index in [0.29, 0.717) is 45.2 Å². The van der Waals surface area contributed by atoms with Crippen molar-refractivity contribution < 1.29 is 17.9 Å². The van der Waals surface area contributed by atoms with Crippen LogP contribution in [0.25, 0.3) is 0 Å². The van der Waals surface area contributed by atoms with Crippen molar-refractivity contribution in [1.29, 1.82) is 0 Å². The number of sulfone groups is 1. The summed E-state index contributed by atoms with van der Waals surface area (Å²) < 4.78 is 28.8. The molecular formula is C20H24N4O4S. The molecule has 1 atom stereocenters. The highest BCUT2D eigenvalue weighted by Crippen LogP contribution is 2.39. The summed E-state index contributed by atoms with van der Waals surface area (Å²) in [4.78, 5) is 23.2. The van der Waals surface area contributed by atoms with Crippen LogP contribution in [0.1, 0.15) is 23.2 Å². The lowest BCUT2D eigenvalue weighted by atomic mass is 9.80. The van der Waals surface area contributed by atoms with Crippen LogP contribution in [0.2, 0.25) is 0 Å². The second-order valence-electron chi connectivity index (χ2n) is 7.82. The summed E-state index contributed by atoms with van der Waals surface area (Å²) in [7, 11) is -3.36. The van der Waals surface area contributed by atoms with Crippen LogP contribution >= 0.6 is 0 Å². The SMILES string of the molecule is CS(=O)(=O)CC(=O)N1CCC2(COCc3cnc(NCc4ccccc4)nc32)C1. The summed E-state index contributed by atoms with van der Waals surface area (Å²) in [6, 6.07) is 10.0. The number of likely N-dealkylation sites (tertiary alicyclic amines) is 1. The average Bonchev–Trinajstić information content (AvgIpc) is 3.11. The van der Waals surface area contributed by atoms with Gasteiger partial charge in [0.2, 0.25) is 11.9 Å². The minimum atomic E-state index is -3.36. The summed E-state index contributed by atoms with van der Waals surface area (Å²) in [5.74, 6) is -0.299. The van der Waals surface area contributed by atoms with Gasteiger partial charge < -0.3 is 15.0 Å². The number of nitrogens with one attached hydrogen (secondary N) is 1. The molecule has 0 radical (unpaired) electrons. The minimum Gasteiger partial charge on any atom is -0.376 e. The molecule has 4 rings (SSSR count). The molecule has 2 aliphatic rings. The fraction of sp³-hybridized carbons (Fsp3) is 0.450. The minimum absolute atomic E-state index is 0.368. The lowest BCUT2D eigenvalue weighted by Gasteiger charge is -2.34. The molecule has 1 fully saturated rings. The average molecular weight is 417 g/mol. The van der Waals surface area contributed by atoms with Crippen molar-refractivity contribution in [3.05, 3.63) is 53.3 Å². The van der Waals surface area contributed by atoms with Gasteiger partial charge in [-0.15, -0.1) is 0 Å². The summed E-state index contributed by atoms with van der Waals surface area (Å²) >= 11 is 0. The highest BCUT2D eigenvalue weighted by atomic mass is 32.2. The van der Waals surface area contributed by atoms with E-state index in [-0.39, 0.29) is 5.91 Å². The molecule has 1 unspecified atom stereocenters. The van der Waals surface area contributed by atoms with Crippen LogP contribution < -0.4 is 5.32 Å². The number of fused-ring (bicyclic) bond motifs is 2. The van der Waals surface area contributed by atoms with E-state index in [0.717, 1.165) is 23.1 Å². The zero-order chi connectivity index (χ0) is 20.5. The Balaban J connectivity index is 1.53. The number of hydrogen-bond donors (Lipinski definition) is 1. The molecule has 29 heavy (non-hydrogen) atoms. The third-order valence-corrected chi connectivity index (χ3v) is 6.16. The molecule has 0 bridgehead atoms. The number of hydrogen-bond acceptors (Lipinski definition) is 7. The molecule has 1 N–H and O–H groups in total. The third kappa shape index (κ3) is 4.40. The molecule has 1 saturated heterocycles. The van der Waals surface area contributed by atoms with Crippen molar-refractivity contribution >= 4 is 21.7 Å². The molecule has 3 heterocycles. The van der Waals surface area contributed by atoms with E-state index < -0.39 is 21.0 Å². The second kappa shape index (κ2) is 7.72. The smallest absolute Gasteiger partial charge is 0.237 e. The Hall–Kier alpha value is -2.52. The van der Waals surface area contributed by atoms with Crippen LogP contribution in [0, 0.1) is 0 Å². The highest BCUT2D eigenvalue weighted by molar-refractivity contribution is 7.91. The fourth-order valence-corrected chi connectivity index (χ4v) is 4.60. The lowest BCUT2D eigenvalue weighted by Crippen LogP contribution is -2.42. The number of aromatic nitrogens is 2. The summed E-state index contributed by atoms with van der Waals surface area (Å²) in [6.07, 6.45) is 3.54. The maximum atomic E-state index is 12.4. The maximum absolute atomic E-state index is 12.4. The summed E-state index contributed by atoms with van der Waals surface area (Å²) in [6.45, 7) is 2.41. The Kier molecular flexibility index (Phi) is 5.26. The topological polar surface area (TPSA) is 101 Å². The van der Waals surface area contributed by atoms with Crippen LogP contribution in [-0.4, -0.2) is 60.9 Å². The quantitative estimate of drug-likeness (QED) is 0.780. The van der Waals surface area contributed by atoms with Gasteiger partial charge in [0.1, 0.15) is 5.75 Å². The maximum Gasteiger partial charge on any atom is 0.237 e. The van der Waals surface area contributed by atoms with Gasteiger partial charge in [-0.25, -0.2) is 18.4 Å². The monoisotopic (exact) mass is 416 g/mol. The third-order valence-electron chi connectivity index (χ3n) is 5.39. The Bertz CT molecular complexity index is 1010. The first kappa shape index (κ1) is 19.8. The van der Waals surface area contributed by atoms with Gasteiger partial charge in [-0.1, -0.05) is 30.3 Å². The predicted octanol–water partition coefficient (Wildman–Crippen LogP) is 1.13. The summed E-state index contributed by atoms with van der Waals surface area (Å²) in [5, 5.41) is 3.26. The molecule has 1 amide bonds. The Morgan fingerprint density at radius 1 is 1.31 bits per heavy atom. The molecule has 1 spiro atoms. The van der Waals surface area contributed by atoms with E-state index in [9.17, 15) is 13.2 Å². The zero-order valence-corrected chi connectivity index (χ0v) is 17.1. The molecule has 0 aliphatic carbocycles. The fourth-order valence-electron chi connectivity index (χ4n) is 3.97. The molecule has 2 aliphatic heterocycles. The van der Waals surface area contributed by atoms with Crippen molar-refractivity contribution in [3.63, 3.8) is 0 Å². The van der Waals surface area contributed by atoms with Gasteiger partial charge in [0, 0.05) is 37.7 Å². The number of amides is 1. The second-order valence-corrected chi connectivity index (χ2v) is 9.96. The van der Waals surface area contributed by atoms with Gasteiger partial charge in [0.05, 0.1) is 24.3 Å². The van der Waals surface area contributed by atoms with Crippen molar-refractivity contribution in [1.82, 2.24) is 14.9 Å². The van der Waals surface area contributed by atoms with Gasteiger partial charge in [-0.05, 0) is 12.0 Å². The van der Waals surface area contributed by atoms with Gasteiger partial charge in [-0.2, -0.15) is 0 Å². The Labute approximate surface area is 170 Å². The largest absolute Gasteiger partial charge is 0.376 e. The van der Waals surface area contributed by atoms with E-state index in [1.165, 1.54) is 0 Å². The highest BCUT2D eigenvalue weighted by Gasteiger charge is 2.46. The van der Waals surface area contributed by atoms with Crippen LogP contribution in [0.3, 0.4) is 0 Å². The molecule has 2 aromatic rings. The normalized spacial score (nSPS) is 21.2. The van der Waals surface area contributed by atoms with E-state index in [1.54, 1.807) is 11.1 Å². The number of rotatable bonds is 5.